The minimum absolute atomic E-state index is 0.333. The third kappa shape index (κ3) is 2.60. The molecule has 0 aromatic carbocycles. The normalized spacial score (nSPS) is 14.4. The predicted octanol–water partition coefficient (Wildman–Crippen LogP) is 3.23. The molecule has 5 nitrogen and oxygen atoms in total. The van der Waals surface area contributed by atoms with Gasteiger partial charge in [-0.3, -0.25) is 4.57 Å². The van der Waals surface area contributed by atoms with Crippen molar-refractivity contribution in [2.24, 2.45) is 0 Å². The number of hydrogen-bond donors (Lipinski definition) is 0. The molecule has 0 aliphatic heterocycles. The lowest BCUT2D eigenvalue weighted by Gasteiger charge is -2.15. The molecular formula is C12H13BrClN3O2. The van der Waals surface area contributed by atoms with E-state index in [2.05, 4.69) is 25.9 Å². The lowest BCUT2D eigenvalue weighted by Crippen LogP contribution is -2.20. The van der Waals surface area contributed by atoms with Crippen molar-refractivity contribution in [2.45, 2.75) is 25.3 Å². The van der Waals surface area contributed by atoms with E-state index in [1.54, 1.807) is 24.6 Å². The van der Waals surface area contributed by atoms with Gasteiger partial charge >= 0.3 is 5.97 Å². The maximum atomic E-state index is 11.7. The Labute approximate surface area is 124 Å². The fraction of sp³-hybridized carbons (Fsp3) is 0.417. The van der Waals surface area contributed by atoms with Crippen molar-refractivity contribution in [2.75, 3.05) is 7.11 Å². The average Bonchev–Trinajstić information content (AvgIpc) is 2.75. The Morgan fingerprint density at radius 3 is 2.79 bits per heavy atom. The van der Waals surface area contributed by atoms with E-state index < -0.39 is 6.04 Å². The average molecular weight is 347 g/mol. The van der Waals surface area contributed by atoms with Gasteiger partial charge in [0.05, 0.1) is 12.5 Å². The first-order valence-electron chi connectivity index (χ1n) is 5.71. The van der Waals surface area contributed by atoms with E-state index in [4.69, 9.17) is 16.3 Å². The Bertz CT molecular complexity index is 627. The number of halogens is 2. The highest BCUT2D eigenvalue weighted by Gasteiger charge is 2.24. The summed E-state index contributed by atoms with van der Waals surface area (Å²) in [5.41, 5.74) is 1.30. The van der Waals surface area contributed by atoms with Crippen molar-refractivity contribution >= 4 is 44.7 Å². The summed E-state index contributed by atoms with van der Waals surface area (Å²) in [4.78, 5) is 20.5. The fourth-order valence-electron chi connectivity index (χ4n) is 1.91. The second kappa shape index (κ2) is 5.46. The summed E-state index contributed by atoms with van der Waals surface area (Å²) in [6.45, 7) is 3.54. The Morgan fingerprint density at radius 1 is 1.53 bits per heavy atom. The molecule has 0 radical (unpaired) electrons. The summed E-state index contributed by atoms with van der Waals surface area (Å²) >= 11 is 9.48. The second-order valence-electron chi connectivity index (χ2n) is 4.15. The smallest absolute Gasteiger partial charge is 0.328 e. The molecule has 2 rings (SSSR count). The molecule has 0 saturated carbocycles. The van der Waals surface area contributed by atoms with Crippen LogP contribution in [0.15, 0.2) is 16.7 Å². The van der Waals surface area contributed by atoms with Crippen LogP contribution in [0.25, 0.3) is 11.2 Å². The van der Waals surface area contributed by atoms with Gasteiger partial charge in [0.1, 0.15) is 17.4 Å². The third-order valence-corrected chi connectivity index (χ3v) is 3.44. The molecule has 0 fully saturated rings. The van der Waals surface area contributed by atoms with Gasteiger partial charge in [-0.25, -0.2) is 14.8 Å². The standard InChI is InChI=1S/C12H13BrClN3O2/c1-6(14)10-16-9-4-8(13)5-15-11(9)17(10)7(2)12(18)19-3/h4-7H,1-3H3. The molecule has 2 aromatic heterocycles. The van der Waals surface area contributed by atoms with Gasteiger partial charge in [-0.15, -0.1) is 11.6 Å². The SMILES string of the molecule is COC(=O)C(C)n1c(C(C)Cl)nc2cc(Br)cnc21. The molecule has 19 heavy (non-hydrogen) atoms. The topological polar surface area (TPSA) is 57.0 Å². The Morgan fingerprint density at radius 2 is 2.21 bits per heavy atom. The number of ether oxygens (including phenoxy) is 1. The highest BCUT2D eigenvalue weighted by atomic mass is 79.9. The van der Waals surface area contributed by atoms with E-state index >= 15 is 0 Å². The van der Waals surface area contributed by atoms with Crippen LogP contribution in [0.1, 0.15) is 31.1 Å². The molecule has 2 atom stereocenters. The number of methoxy groups -OCH3 is 1. The van der Waals surface area contributed by atoms with Crippen molar-refractivity contribution in [3.05, 3.63) is 22.6 Å². The summed E-state index contributed by atoms with van der Waals surface area (Å²) in [5.74, 6) is 0.239. The van der Waals surface area contributed by atoms with Gasteiger partial charge in [0.15, 0.2) is 5.65 Å². The van der Waals surface area contributed by atoms with Crippen LogP contribution < -0.4 is 0 Å². The van der Waals surface area contributed by atoms with Crippen LogP contribution in [-0.2, 0) is 9.53 Å². The van der Waals surface area contributed by atoms with Crippen molar-refractivity contribution in [3.8, 4) is 0 Å². The summed E-state index contributed by atoms with van der Waals surface area (Å²) in [5, 5.41) is -0.333. The molecule has 2 heterocycles. The van der Waals surface area contributed by atoms with E-state index in [1.165, 1.54) is 7.11 Å². The molecule has 7 heteroatoms. The van der Waals surface area contributed by atoms with Crippen LogP contribution in [0.3, 0.4) is 0 Å². The summed E-state index contributed by atoms with van der Waals surface area (Å²) in [6.07, 6.45) is 1.66. The number of alkyl halides is 1. The molecule has 0 amide bonds. The van der Waals surface area contributed by atoms with Gasteiger partial charge in [-0.2, -0.15) is 0 Å². The first kappa shape index (κ1) is 14.3. The van der Waals surface area contributed by atoms with Crippen LogP contribution in [0, 0.1) is 0 Å². The van der Waals surface area contributed by atoms with Crippen molar-refractivity contribution in [1.82, 2.24) is 14.5 Å². The lowest BCUT2D eigenvalue weighted by atomic mass is 10.3. The first-order valence-corrected chi connectivity index (χ1v) is 6.94. The number of hydrogen-bond acceptors (Lipinski definition) is 4. The van der Waals surface area contributed by atoms with E-state index in [0.29, 0.717) is 17.0 Å². The summed E-state index contributed by atoms with van der Waals surface area (Å²) in [7, 11) is 1.35. The Balaban J connectivity index is 2.68. The lowest BCUT2D eigenvalue weighted by molar-refractivity contribution is -0.144. The minimum atomic E-state index is -0.528. The molecular weight excluding hydrogens is 334 g/mol. The van der Waals surface area contributed by atoms with E-state index in [-0.39, 0.29) is 11.3 Å². The number of imidazole rings is 1. The molecule has 2 unspecified atom stereocenters. The number of aromatic nitrogens is 3. The van der Waals surface area contributed by atoms with Gasteiger partial charge in [0.2, 0.25) is 0 Å². The van der Waals surface area contributed by atoms with E-state index in [1.807, 2.05) is 6.07 Å². The monoisotopic (exact) mass is 345 g/mol. The molecule has 0 aliphatic carbocycles. The molecule has 0 bridgehead atoms. The van der Waals surface area contributed by atoms with Crippen molar-refractivity contribution in [1.29, 1.82) is 0 Å². The van der Waals surface area contributed by atoms with Gasteiger partial charge < -0.3 is 4.74 Å². The van der Waals surface area contributed by atoms with Crippen LogP contribution in [-0.4, -0.2) is 27.6 Å². The Kier molecular flexibility index (Phi) is 4.10. The fourth-order valence-corrected chi connectivity index (χ4v) is 2.39. The van der Waals surface area contributed by atoms with Crippen molar-refractivity contribution in [3.63, 3.8) is 0 Å². The number of esters is 1. The zero-order chi connectivity index (χ0) is 14.2. The maximum absolute atomic E-state index is 11.7. The highest BCUT2D eigenvalue weighted by molar-refractivity contribution is 9.10. The highest BCUT2D eigenvalue weighted by Crippen LogP contribution is 2.28. The molecule has 0 aliphatic rings. The van der Waals surface area contributed by atoms with E-state index in [9.17, 15) is 4.79 Å². The van der Waals surface area contributed by atoms with Crippen LogP contribution >= 0.6 is 27.5 Å². The molecule has 0 saturated heterocycles. The Hall–Kier alpha value is -1.14. The second-order valence-corrected chi connectivity index (χ2v) is 5.72. The predicted molar refractivity (Wildman–Crippen MR) is 76.2 cm³/mol. The molecule has 102 valence electrons. The van der Waals surface area contributed by atoms with Gasteiger partial charge in [-0.1, -0.05) is 0 Å². The van der Waals surface area contributed by atoms with E-state index in [0.717, 1.165) is 4.47 Å². The van der Waals surface area contributed by atoms with Crippen LogP contribution in [0.4, 0.5) is 0 Å². The third-order valence-electron chi connectivity index (χ3n) is 2.81. The van der Waals surface area contributed by atoms with Crippen LogP contribution in [0.2, 0.25) is 0 Å². The van der Waals surface area contributed by atoms with Gasteiger partial charge in [-0.05, 0) is 35.8 Å². The number of fused-ring (bicyclic) bond motifs is 1. The molecule has 2 aromatic rings. The minimum Gasteiger partial charge on any atom is -0.467 e. The van der Waals surface area contributed by atoms with Gasteiger partial charge in [0.25, 0.3) is 0 Å². The van der Waals surface area contributed by atoms with Crippen molar-refractivity contribution < 1.29 is 9.53 Å². The maximum Gasteiger partial charge on any atom is 0.328 e. The summed E-state index contributed by atoms with van der Waals surface area (Å²) in [6, 6.07) is 1.31. The number of rotatable bonds is 3. The number of carbonyl (C=O) groups is 1. The largest absolute Gasteiger partial charge is 0.467 e. The molecule has 0 spiro atoms. The zero-order valence-electron chi connectivity index (χ0n) is 10.7. The number of nitrogens with zero attached hydrogens (tertiary/aromatic N) is 3. The van der Waals surface area contributed by atoms with Gasteiger partial charge in [0, 0.05) is 10.7 Å². The zero-order valence-corrected chi connectivity index (χ0v) is 13.1. The number of carbonyl (C=O) groups excluding carboxylic acids is 1. The quantitative estimate of drug-likeness (QED) is 0.632. The first-order chi connectivity index (χ1) is 8.95. The number of pyridine rings is 1. The summed E-state index contributed by atoms with van der Waals surface area (Å²) < 4.78 is 7.31. The molecule has 0 N–H and O–H groups in total. The van der Waals surface area contributed by atoms with Crippen LogP contribution in [0.5, 0.6) is 0 Å².